The monoisotopic (exact) mass is 502 g/mol. The van der Waals surface area contributed by atoms with Crippen LogP contribution < -0.4 is 0 Å². The second-order valence-corrected chi connectivity index (χ2v) is 10.3. The number of carbonyl (C=O) groups is 2. The fourth-order valence-corrected chi connectivity index (χ4v) is 6.09. The number of esters is 2. The normalized spacial score (nSPS) is 14.2. The van der Waals surface area contributed by atoms with Gasteiger partial charge in [-0.2, -0.15) is 26.3 Å². The summed E-state index contributed by atoms with van der Waals surface area (Å²) in [7, 11) is -13.0. The highest BCUT2D eigenvalue weighted by molar-refractivity contribution is 9.10. The summed E-state index contributed by atoms with van der Waals surface area (Å²) in [6.45, 7) is 0. The number of carbonyl (C=O) groups excluding carboxylic acids is 2. The average Bonchev–Trinajstić information content (AvgIpc) is 2.47. The van der Waals surface area contributed by atoms with E-state index in [2.05, 4.69) is 25.4 Å². The topological polar surface area (TPSA) is 121 Å². The molecule has 0 radical (unpaired) electrons. The standard InChI is InChI=1S/C9H9BrF6O8S2/c1-23-5(17)7(10,6(18)24-2)3-4(25(19,20)8(11,12)13)26(21,22)9(14,15)16/h4H,3H2,1-2H3. The van der Waals surface area contributed by atoms with Crippen LogP contribution >= 0.6 is 15.9 Å². The first-order chi connectivity index (χ1) is 11.3. The van der Waals surface area contributed by atoms with E-state index in [9.17, 15) is 52.8 Å². The van der Waals surface area contributed by atoms with Gasteiger partial charge in [-0.25, -0.2) is 26.4 Å². The maximum atomic E-state index is 12.7. The third-order valence-electron chi connectivity index (χ3n) is 2.80. The van der Waals surface area contributed by atoms with Crippen LogP contribution in [-0.2, 0) is 38.7 Å². The quantitative estimate of drug-likeness (QED) is 0.228. The molecule has 0 aromatic carbocycles. The van der Waals surface area contributed by atoms with Crippen LogP contribution in [0.15, 0.2) is 0 Å². The summed E-state index contributed by atoms with van der Waals surface area (Å²) in [6, 6.07) is 0. The molecule has 0 aromatic rings. The average molecular weight is 503 g/mol. The summed E-state index contributed by atoms with van der Waals surface area (Å²) in [5.41, 5.74) is -12.9. The molecule has 0 aliphatic rings. The maximum Gasteiger partial charge on any atom is 0.498 e. The predicted molar refractivity (Wildman–Crippen MR) is 74.0 cm³/mol. The van der Waals surface area contributed by atoms with Crippen molar-refractivity contribution < 1.29 is 62.2 Å². The minimum absolute atomic E-state index is 0.548. The van der Waals surface area contributed by atoms with E-state index in [1.165, 1.54) is 0 Å². The van der Waals surface area contributed by atoms with Crippen molar-refractivity contribution in [1.82, 2.24) is 0 Å². The summed E-state index contributed by atoms with van der Waals surface area (Å²) >= 11 is 2.14. The molecule has 0 aliphatic carbocycles. The zero-order valence-electron chi connectivity index (χ0n) is 12.5. The fourth-order valence-electron chi connectivity index (χ4n) is 1.49. The van der Waals surface area contributed by atoms with E-state index >= 15 is 0 Å². The first-order valence-corrected chi connectivity index (χ1v) is 9.65. The molecule has 0 unspecified atom stereocenters. The third kappa shape index (κ3) is 4.41. The minimum atomic E-state index is -7.05. The summed E-state index contributed by atoms with van der Waals surface area (Å²) in [5, 5.41) is 0. The smallest absolute Gasteiger partial charge is 0.468 e. The maximum absolute atomic E-state index is 12.7. The molecule has 17 heteroatoms. The van der Waals surface area contributed by atoms with Gasteiger partial charge in [0.2, 0.25) is 4.32 Å². The van der Waals surface area contributed by atoms with Gasteiger partial charge in [-0.05, 0) is 0 Å². The molecule has 0 saturated heterocycles. The van der Waals surface area contributed by atoms with Crippen LogP contribution in [0.1, 0.15) is 6.42 Å². The van der Waals surface area contributed by atoms with Crippen LogP contribution in [0.3, 0.4) is 0 Å². The van der Waals surface area contributed by atoms with E-state index in [1.54, 1.807) is 0 Å². The van der Waals surface area contributed by atoms with Crippen molar-refractivity contribution in [2.24, 2.45) is 0 Å². The molecule has 0 N–H and O–H groups in total. The number of ether oxygens (including phenoxy) is 2. The molecule has 0 bridgehead atoms. The van der Waals surface area contributed by atoms with Crippen molar-refractivity contribution >= 4 is 47.5 Å². The first-order valence-electron chi connectivity index (χ1n) is 5.76. The van der Waals surface area contributed by atoms with Gasteiger partial charge in [0.05, 0.1) is 14.2 Å². The Labute approximate surface area is 150 Å². The van der Waals surface area contributed by atoms with E-state index in [4.69, 9.17) is 0 Å². The lowest BCUT2D eigenvalue weighted by Crippen LogP contribution is -2.52. The van der Waals surface area contributed by atoms with Crippen molar-refractivity contribution in [3.63, 3.8) is 0 Å². The Morgan fingerprint density at radius 3 is 1.31 bits per heavy atom. The SMILES string of the molecule is COC(=O)C(Br)(CC(S(=O)(=O)C(F)(F)F)S(=O)(=O)C(F)(F)F)C(=O)OC. The van der Waals surface area contributed by atoms with E-state index in [-0.39, 0.29) is 0 Å². The highest BCUT2D eigenvalue weighted by Crippen LogP contribution is 2.42. The zero-order valence-corrected chi connectivity index (χ0v) is 15.7. The van der Waals surface area contributed by atoms with Crippen molar-refractivity contribution in [3.05, 3.63) is 0 Å². The van der Waals surface area contributed by atoms with Gasteiger partial charge < -0.3 is 9.47 Å². The lowest BCUT2D eigenvalue weighted by molar-refractivity contribution is -0.155. The van der Waals surface area contributed by atoms with Crippen LogP contribution in [0, 0.1) is 0 Å². The van der Waals surface area contributed by atoms with Gasteiger partial charge in [0.15, 0.2) is 4.58 Å². The first kappa shape index (κ1) is 24.9. The molecule has 0 amide bonds. The Balaban J connectivity index is 6.75. The Hall–Kier alpha value is -1.10. The number of sulfone groups is 2. The summed E-state index contributed by atoms with van der Waals surface area (Å²) in [5.74, 6) is -3.77. The lowest BCUT2D eigenvalue weighted by atomic mass is 10.1. The zero-order chi connectivity index (χ0) is 21.4. The third-order valence-corrected chi connectivity index (χ3v) is 8.30. The fraction of sp³-hybridized carbons (Fsp3) is 0.778. The molecule has 8 nitrogen and oxygen atoms in total. The number of halogens is 7. The summed E-state index contributed by atoms with van der Waals surface area (Å²) in [4.78, 5) is 23.2. The molecule has 26 heavy (non-hydrogen) atoms. The van der Waals surface area contributed by atoms with Gasteiger partial charge in [-0.15, -0.1) is 0 Å². The second kappa shape index (κ2) is 7.49. The molecular formula is C9H9BrF6O8S2. The molecule has 0 saturated carbocycles. The molecule has 0 atom stereocenters. The molecule has 0 fully saturated rings. The van der Waals surface area contributed by atoms with Crippen LogP contribution in [-0.4, -0.2) is 62.9 Å². The van der Waals surface area contributed by atoms with Crippen LogP contribution in [0.2, 0.25) is 0 Å². The van der Waals surface area contributed by atoms with E-state index in [0.29, 0.717) is 14.2 Å². The number of alkyl halides is 7. The molecule has 154 valence electrons. The van der Waals surface area contributed by atoms with E-state index in [1.807, 2.05) is 0 Å². The second-order valence-electron chi connectivity index (χ2n) is 4.40. The van der Waals surface area contributed by atoms with Gasteiger partial charge in [-0.1, -0.05) is 15.9 Å². The molecule has 0 spiro atoms. The number of hydrogen-bond acceptors (Lipinski definition) is 8. The van der Waals surface area contributed by atoms with Crippen molar-refractivity contribution in [2.75, 3.05) is 14.2 Å². The summed E-state index contributed by atoms with van der Waals surface area (Å²) < 4.78 is 122. The molecule has 0 rings (SSSR count). The van der Waals surface area contributed by atoms with Crippen LogP contribution in [0.25, 0.3) is 0 Å². The lowest BCUT2D eigenvalue weighted by Gasteiger charge is -2.27. The van der Waals surface area contributed by atoms with Crippen LogP contribution in [0.5, 0.6) is 0 Å². The number of methoxy groups -OCH3 is 2. The molecule has 0 heterocycles. The van der Waals surface area contributed by atoms with Crippen molar-refractivity contribution in [3.8, 4) is 0 Å². The molecular weight excluding hydrogens is 494 g/mol. The Bertz CT molecular complexity index is 709. The predicted octanol–water partition coefficient (Wildman–Crippen LogP) is 1.05. The van der Waals surface area contributed by atoms with E-state index < -0.39 is 58.0 Å². The highest BCUT2D eigenvalue weighted by atomic mass is 79.9. The van der Waals surface area contributed by atoms with Gasteiger partial charge >= 0.3 is 23.0 Å². The van der Waals surface area contributed by atoms with Gasteiger partial charge in [0, 0.05) is 6.42 Å². The molecule has 0 aliphatic heterocycles. The Morgan fingerprint density at radius 1 is 0.846 bits per heavy atom. The van der Waals surface area contributed by atoms with Gasteiger partial charge in [-0.3, -0.25) is 0 Å². The number of rotatable bonds is 6. The van der Waals surface area contributed by atoms with E-state index in [0.717, 1.165) is 0 Å². The molecule has 0 aromatic heterocycles. The number of hydrogen-bond donors (Lipinski definition) is 0. The van der Waals surface area contributed by atoms with Gasteiger partial charge in [0.1, 0.15) is 0 Å². The minimum Gasteiger partial charge on any atom is -0.468 e. The largest absolute Gasteiger partial charge is 0.498 e. The summed E-state index contributed by atoms with van der Waals surface area (Å²) in [6.07, 6.45) is -2.32. The van der Waals surface area contributed by atoms with Crippen LogP contribution in [0.4, 0.5) is 26.3 Å². The Morgan fingerprint density at radius 2 is 1.12 bits per heavy atom. The van der Waals surface area contributed by atoms with Gasteiger partial charge in [0.25, 0.3) is 19.7 Å². The van der Waals surface area contributed by atoms with Crippen molar-refractivity contribution in [2.45, 2.75) is 26.3 Å². The van der Waals surface area contributed by atoms with Crippen molar-refractivity contribution in [1.29, 1.82) is 0 Å². The highest BCUT2D eigenvalue weighted by Gasteiger charge is 2.66. The Kier molecular flexibility index (Phi) is 7.18.